The van der Waals surface area contributed by atoms with Crippen LogP contribution in [0.2, 0.25) is 0 Å². The van der Waals surface area contributed by atoms with Crippen molar-refractivity contribution in [1.29, 1.82) is 0 Å². The summed E-state index contributed by atoms with van der Waals surface area (Å²) in [6.07, 6.45) is 1.80. The molecule has 1 aromatic carbocycles. The van der Waals surface area contributed by atoms with E-state index in [0.717, 1.165) is 0 Å². The minimum atomic E-state index is -3.34. The van der Waals surface area contributed by atoms with Crippen molar-refractivity contribution >= 4 is 16.2 Å². The van der Waals surface area contributed by atoms with Gasteiger partial charge in [-0.2, -0.15) is 5.10 Å². The summed E-state index contributed by atoms with van der Waals surface area (Å²) in [5.41, 5.74) is 0.460. The summed E-state index contributed by atoms with van der Waals surface area (Å²) < 4.78 is 22.4. The molecule has 0 aliphatic heterocycles. The van der Waals surface area contributed by atoms with Crippen LogP contribution >= 0.6 is 0 Å². The van der Waals surface area contributed by atoms with E-state index >= 15 is 0 Å². The van der Waals surface area contributed by atoms with Gasteiger partial charge in [0.15, 0.2) is 0 Å². The first-order valence-corrected chi connectivity index (χ1v) is 6.51. The highest BCUT2D eigenvalue weighted by atomic mass is 32.2. The van der Waals surface area contributed by atoms with E-state index in [0.29, 0.717) is 12.0 Å². The van der Waals surface area contributed by atoms with Crippen molar-refractivity contribution < 1.29 is 13.5 Å². The number of hydrogen-bond donors (Lipinski definition) is 2. The van der Waals surface area contributed by atoms with E-state index in [1.807, 2.05) is 0 Å². The largest absolute Gasteiger partial charge is 0.507 e. The van der Waals surface area contributed by atoms with Gasteiger partial charge in [0.05, 0.1) is 12.0 Å². The van der Waals surface area contributed by atoms with Gasteiger partial charge in [-0.25, -0.2) is 13.2 Å². The van der Waals surface area contributed by atoms with Gasteiger partial charge in [0.25, 0.3) is 0 Å². The van der Waals surface area contributed by atoms with Gasteiger partial charge in [0, 0.05) is 5.56 Å². The Labute approximate surface area is 94.9 Å². The first-order valence-electron chi connectivity index (χ1n) is 4.85. The predicted octanol–water partition coefficient (Wildman–Crippen LogP) is 1.06. The number of nitrogens with one attached hydrogen (secondary N) is 1. The zero-order chi connectivity index (χ0) is 12.0. The number of nitrogens with zero attached hydrogens (tertiary/aromatic N) is 1. The topological polar surface area (TPSA) is 78.8 Å². The molecular formula is C10H14N2O3S. The molecule has 16 heavy (non-hydrogen) atoms. The van der Waals surface area contributed by atoms with E-state index in [1.54, 1.807) is 25.1 Å². The van der Waals surface area contributed by atoms with Gasteiger partial charge < -0.3 is 5.11 Å². The highest BCUT2D eigenvalue weighted by Gasteiger charge is 2.05. The van der Waals surface area contributed by atoms with Gasteiger partial charge >= 0.3 is 0 Å². The van der Waals surface area contributed by atoms with Gasteiger partial charge in [0.2, 0.25) is 10.0 Å². The zero-order valence-electron chi connectivity index (χ0n) is 8.92. The average Bonchev–Trinajstić information content (AvgIpc) is 2.20. The summed E-state index contributed by atoms with van der Waals surface area (Å²) in [6, 6.07) is 6.53. The smallest absolute Gasteiger partial charge is 0.247 e. The Kier molecular flexibility index (Phi) is 4.30. The Morgan fingerprint density at radius 2 is 2.12 bits per heavy atom. The fourth-order valence-corrected chi connectivity index (χ4v) is 1.93. The van der Waals surface area contributed by atoms with E-state index < -0.39 is 10.0 Å². The van der Waals surface area contributed by atoms with Crippen molar-refractivity contribution in [2.45, 2.75) is 13.3 Å². The molecule has 0 aliphatic rings. The monoisotopic (exact) mass is 242 g/mol. The summed E-state index contributed by atoms with van der Waals surface area (Å²) in [5.74, 6) is 0.0893. The van der Waals surface area contributed by atoms with Gasteiger partial charge in [-0.3, -0.25) is 0 Å². The van der Waals surface area contributed by atoms with Crippen molar-refractivity contribution in [1.82, 2.24) is 4.83 Å². The van der Waals surface area contributed by atoms with E-state index in [1.165, 1.54) is 12.3 Å². The molecule has 0 radical (unpaired) electrons. The third-order valence-electron chi connectivity index (χ3n) is 1.81. The Morgan fingerprint density at radius 3 is 2.75 bits per heavy atom. The maximum atomic E-state index is 11.2. The van der Waals surface area contributed by atoms with Crippen molar-refractivity contribution in [3.8, 4) is 5.75 Å². The number of hydrazone groups is 1. The molecule has 88 valence electrons. The average molecular weight is 242 g/mol. The maximum absolute atomic E-state index is 11.2. The van der Waals surface area contributed by atoms with Crippen molar-refractivity contribution in [3.05, 3.63) is 29.8 Å². The van der Waals surface area contributed by atoms with Gasteiger partial charge in [0.1, 0.15) is 5.75 Å². The zero-order valence-corrected chi connectivity index (χ0v) is 9.74. The standard InChI is InChI=1S/C10H14N2O3S/c1-2-7-16(14,15)12-11-8-9-5-3-4-6-10(9)13/h3-6,8,12-13H,2,7H2,1H3/b11-8+. The van der Waals surface area contributed by atoms with E-state index in [2.05, 4.69) is 9.93 Å². The Hall–Kier alpha value is -1.56. The summed E-state index contributed by atoms with van der Waals surface area (Å²) in [6.45, 7) is 1.77. The summed E-state index contributed by atoms with van der Waals surface area (Å²) >= 11 is 0. The molecule has 0 amide bonds. The lowest BCUT2D eigenvalue weighted by atomic mass is 10.2. The SMILES string of the molecule is CCCS(=O)(=O)N/N=C/c1ccccc1O. The maximum Gasteiger partial charge on any atom is 0.247 e. The lowest BCUT2D eigenvalue weighted by Gasteiger charge is -2.00. The highest BCUT2D eigenvalue weighted by molar-refractivity contribution is 7.89. The van der Waals surface area contributed by atoms with Crippen molar-refractivity contribution in [3.63, 3.8) is 0 Å². The molecule has 0 saturated heterocycles. The molecule has 2 N–H and O–H groups in total. The van der Waals surface area contributed by atoms with Crippen LogP contribution in [0.25, 0.3) is 0 Å². The van der Waals surface area contributed by atoms with Crippen LogP contribution in [0.3, 0.4) is 0 Å². The third-order valence-corrected chi connectivity index (χ3v) is 3.13. The minimum absolute atomic E-state index is 0.0328. The van der Waals surface area contributed by atoms with E-state index in [9.17, 15) is 13.5 Å². The molecule has 0 aromatic heterocycles. The number of benzene rings is 1. The minimum Gasteiger partial charge on any atom is -0.507 e. The van der Waals surface area contributed by atoms with Gasteiger partial charge in [-0.15, -0.1) is 0 Å². The van der Waals surface area contributed by atoms with Gasteiger partial charge in [-0.05, 0) is 18.6 Å². The molecule has 0 spiro atoms. The Balaban J connectivity index is 2.66. The molecule has 5 nitrogen and oxygen atoms in total. The van der Waals surface area contributed by atoms with Crippen LogP contribution in [0, 0.1) is 0 Å². The quantitative estimate of drug-likeness (QED) is 0.598. The van der Waals surface area contributed by atoms with E-state index in [4.69, 9.17) is 0 Å². The number of rotatable bonds is 5. The van der Waals surface area contributed by atoms with Crippen molar-refractivity contribution in [2.24, 2.45) is 5.10 Å². The number of hydrogen-bond acceptors (Lipinski definition) is 4. The summed E-state index contributed by atoms with van der Waals surface area (Å²) in [4.78, 5) is 2.07. The highest BCUT2D eigenvalue weighted by Crippen LogP contribution is 2.12. The second-order valence-corrected chi connectivity index (χ2v) is 5.05. The Morgan fingerprint density at radius 1 is 1.44 bits per heavy atom. The molecule has 0 unspecified atom stereocenters. The summed E-state index contributed by atoms with van der Waals surface area (Å²) in [5, 5.41) is 12.9. The molecular weight excluding hydrogens is 228 g/mol. The number of phenolic OH excluding ortho intramolecular Hbond substituents is 1. The van der Waals surface area contributed by atoms with Gasteiger partial charge in [-0.1, -0.05) is 19.1 Å². The van der Waals surface area contributed by atoms with Crippen LogP contribution in [0.1, 0.15) is 18.9 Å². The first kappa shape index (κ1) is 12.5. The normalized spacial score (nSPS) is 11.8. The molecule has 0 saturated carbocycles. The van der Waals surface area contributed by atoms with Crippen LogP contribution in [0.15, 0.2) is 29.4 Å². The van der Waals surface area contributed by atoms with Crippen LogP contribution in [-0.4, -0.2) is 25.5 Å². The molecule has 0 heterocycles. The molecule has 1 rings (SSSR count). The fraction of sp³-hybridized carbons (Fsp3) is 0.300. The number of para-hydroxylation sites is 1. The fourth-order valence-electron chi connectivity index (χ4n) is 1.09. The van der Waals surface area contributed by atoms with Crippen molar-refractivity contribution in [2.75, 3.05) is 5.75 Å². The first-order chi connectivity index (χ1) is 7.55. The molecule has 0 atom stereocenters. The second kappa shape index (κ2) is 5.50. The number of phenols is 1. The van der Waals surface area contributed by atoms with Crippen LogP contribution in [0.4, 0.5) is 0 Å². The molecule has 0 fully saturated rings. The molecule has 0 aliphatic carbocycles. The van der Waals surface area contributed by atoms with Crippen LogP contribution < -0.4 is 4.83 Å². The lowest BCUT2D eigenvalue weighted by molar-refractivity contribution is 0.474. The lowest BCUT2D eigenvalue weighted by Crippen LogP contribution is -2.21. The third kappa shape index (κ3) is 3.90. The molecule has 1 aromatic rings. The van der Waals surface area contributed by atoms with E-state index in [-0.39, 0.29) is 11.5 Å². The van der Waals surface area contributed by atoms with Crippen LogP contribution in [0.5, 0.6) is 5.75 Å². The molecule has 0 bridgehead atoms. The van der Waals surface area contributed by atoms with Crippen LogP contribution in [-0.2, 0) is 10.0 Å². The Bertz CT molecular complexity index is 469. The number of sulfonamides is 1. The summed E-state index contributed by atoms with van der Waals surface area (Å²) in [7, 11) is -3.34. The predicted molar refractivity (Wildman–Crippen MR) is 62.9 cm³/mol. The number of aromatic hydroxyl groups is 1. The molecule has 6 heteroatoms. The second-order valence-electron chi connectivity index (χ2n) is 3.23.